The number of aromatic amines is 1. The van der Waals surface area contributed by atoms with Crippen LogP contribution < -0.4 is 9.64 Å². The first-order valence-corrected chi connectivity index (χ1v) is 5.72. The van der Waals surface area contributed by atoms with Crippen molar-refractivity contribution in [1.82, 2.24) is 4.98 Å². The molecule has 2 aliphatic rings. The number of hydrogen-bond acceptors (Lipinski definition) is 3. The number of hydrogen-bond donors (Lipinski definition) is 1. The number of pyridine rings is 1. The van der Waals surface area contributed by atoms with Crippen molar-refractivity contribution < 1.29 is 4.74 Å². The molecular weight excluding hydrogens is 208 g/mol. The molecule has 3 nitrogen and oxygen atoms in total. The number of rotatable bonds is 0. The molecule has 4 heteroatoms. The van der Waals surface area contributed by atoms with Crippen molar-refractivity contribution >= 4 is 18.0 Å². The summed E-state index contributed by atoms with van der Waals surface area (Å²) in [6, 6.07) is 1.88. The van der Waals surface area contributed by atoms with Crippen LogP contribution in [0.1, 0.15) is 19.3 Å². The van der Waals surface area contributed by atoms with Crippen molar-refractivity contribution in [3.63, 3.8) is 0 Å². The van der Waals surface area contributed by atoms with Gasteiger partial charge in [0.25, 0.3) is 0 Å². The van der Waals surface area contributed by atoms with Crippen molar-refractivity contribution in [3.8, 4) is 5.75 Å². The molecule has 1 aliphatic heterocycles. The number of nitrogens with zero attached hydrogens (tertiary/aromatic N) is 1. The monoisotopic (exact) mass is 222 g/mol. The average Bonchev–Trinajstić information content (AvgIpc) is 3.01. The highest BCUT2D eigenvalue weighted by molar-refractivity contribution is 7.71. The molecule has 1 fully saturated rings. The molecule has 1 aromatic rings. The van der Waals surface area contributed by atoms with Gasteiger partial charge in [0.05, 0.1) is 11.1 Å². The number of H-pyrrole nitrogens is 1. The van der Waals surface area contributed by atoms with E-state index in [0.717, 1.165) is 29.1 Å². The highest BCUT2D eigenvalue weighted by Gasteiger charge is 2.48. The Labute approximate surface area is 94.1 Å². The van der Waals surface area contributed by atoms with Crippen LogP contribution in [0.2, 0.25) is 0 Å². The molecule has 1 aliphatic carbocycles. The predicted molar refractivity (Wildman–Crippen MR) is 62.1 cm³/mol. The third-order valence-electron chi connectivity index (χ3n) is 3.58. The van der Waals surface area contributed by atoms with E-state index in [1.807, 2.05) is 12.3 Å². The second kappa shape index (κ2) is 2.98. The first kappa shape index (κ1) is 9.21. The second-order valence-corrected chi connectivity index (χ2v) is 4.84. The number of ether oxygens (including phenoxy) is 1. The highest BCUT2D eigenvalue weighted by atomic mass is 32.1. The quantitative estimate of drug-likeness (QED) is 0.684. The summed E-state index contributed by atoms with van der Waals surface area (Å²) in [7, 11) is 2.13. The molecule has 1 N–H and O–H groups in total. The Balaban J connectivity index is 2.14. The molecule has 0 saturated heterocycles. The highest BCUT2D eigenvalue weighted by Crippen LogP contribution is 2.49. The van der Waals surface area contributed by atoms with Crippen molar-refractivity contribution in [2.45, 2.75) is 24.8 Å². The topological polar surface area (TPSA) is 28.3 Å². The molecule has 80 valence electrons. The Morgan fingerprint density at radius 1 is 1.47 bits per heavy atom. The van der Waals surface area contributed by atoms with Gasteiger partial charge in [-0.15, -0.1) is 0 Å². The van der Waals surface area contributed by atoms with Gasteiger partial charge in [-0.25, -0.2) is 0 Å². The standard InChI is InChI=1S/C11H14N2OS/c1-13-10-9(8(15)2-6-12-10)14-7-5-11(13)3-4-11/h2,6H,3-5,7H2,1H3,(H,12,15). The summed E-state index contributed by atoms with van der Waals surface area (Å²) in [6.45, 7) is 0.777. The van der Waals surface area contributed by atoms with Gasteiger partial charge in [-0.2, -0.15) is 0 Å². The summed E-state index contributed by atoms with van der Waals surface area (Å²) < 4.78 is 6.55. The van der Waals surface area contributed by atoms with Crippen LogP contribution in [-0.2, 0) is 0 Å². The molecule has 0 unspecified atom stereocenters. The zero-order valence-corrected chi connectivity index (χ0v) is 9.56. The smallest absolute Gasteiger partial charge is 0.177 e. The summed E-state index contributed by atoms with van der Waals surface area (Å²) in [5.74, 6) is 1.89. The van der Waals surface area contributed by atoms with E-state index in [1.54, 1.807) is 0 Å². The van der Waals surface area contributed by atoms with Gasteiger partial charge in [0.1, 0.15) is 0 Å². The maximum absolute atomic E-state index is 5.75. The Morgan fingerprint density at radius 3 is 3.00 bits per heavy atom. The fourth-order valence-corrected chi connectivity index (χ4v) is 2.54. The minimum atomic E-state index is 0.338. The average molecular weight is 222 g/mol. The normalized spacial score (nSPS) is 21.8. The van der Waals surface area contributed by atoms with Crippen molar-refractivity contribution in [2.24, 2.45) is 0 Å². The third kappa shape index (κ3) is 1.28. The van der Waals surface area contributed by atoms with Crippen LogP contribution in [0.15, 0.2) is 12.3 Å². The first-order chi connectivity index (χ1) is 7.23. The molecular formula is C11H14N2OS. The molecule has 0 atom stereocenters. The lowest BCUT2D eigenvalue weighted by atomic mass is 10.1. The van der Waals surface area contributed by atoms with Gasteiger partial charge in [0.2, 0.25) is 0 Å². The third-order valence-corrected chi connectivity index (χ3v) is 3.90. The van der Waals surface area contributed by atoms with Gasteiger partial charge in [-0.1, -0.05) is 12.2 Å². The van der Waals surface area contributed by atoms with Gasteiger partial charge in [-0.05, 0) is 18.9 Å². The molecule has 1 spiro atoms. The van der Waals surface area contributed by atoms with Gasteiger partial charge >= 0.3 is 0 Å². The second-order valence-electron chi connectivity index (χ2n) is 4.40. The number of fused-ring (bicyclic) bond motifs is 1. The summed E-state index contributed by atoms with van der Waals surface area (Å²) in [4.78, 5) is 5.56. The van der Waals surface area contributed by atoms with Crippen LogP contribution in [0.5, 0.6) is 5.75 Å². The van der Waals surface area contributed by atoms with E-state index in [1.165, 1.54) is 12.8 Å². The van der Waals surface area contributed by atoms with Crippen LogP contribution in [0.3, 0.4) is 0 Å². The first-order valence-electron chi connectivity index (χ1n) is 5.31. The minimum absolute atomic E-state index is 0.338. The molecule has 1 aromatic heterocycles. The van der Waals surface area contributed by atoms with Crippen LogP contribution in [0, 0.1) is 4.51 Å². The molecule has 0 radical (unpaired) electrons. The lowest BCUT2D eigenvalue weighted by molar-refractivity contribution is 0.305. The molecule has 0 bridgehead atoms. The van der Waals surface area contributed by atoms with Gasteiger partial charge in [0.15, 0.2) is 11.6 Å². The van der Waals surface area contributed by atoms with E-state index in [-0.39, 0.29) is 0 Å². The van der Waals surface area contributed by atoms with Crippen LogP contribution in [0.25, 0.3) is 0 Å². The lowest BCUT2D eigenvalue weighted by Crippen LogP contribution is -2.33. The summed E-state index contributed by atoms with van der Waals surface area (Å²) >= 11 is 5.28. The molecule has 1 saturated carbocycles. The van der Waals surface area contributed by atoms with Gasteiger partial charge < -0.3 is 14.6 Å². The van der Waals surface area contributed by atoms with Crippen molar-refractivity contribution in [3.05, 3.63) is 16.8 Å². The zero-order valence-electron chi connectivity index (χ0n) is 8.75. The predicted octanol–water partition coefficient (Wildman–Crippen LogP) is 2.50. The van der Waals surface area contributed by atoms with E-state index in [4.69, 9.17) is 17.0 Å². The van der Waals surface area contributed by atoms with Crippen molar-refractivity contribution in [1.29, 1.82) is 0 Å². The van der Waals surface area contributed by atoms with E-state index in [0.29, 0.717) is 5.54 Å². The van der Waals surface area contributed by atoms with E-state index < -0.39 is 0 Å². The number of aromatic nitrogens is 1. The maximum atomic E-state index is 5.75. The SMILES string of the molecule is CN1c2[nH]ccc(=S)c2OCCC12CC2. The van der Waals surface area contributed by atoms with E-state index in [2.05, 4.69) is 16.9 Å². The Morgan fingerprint density at radius 2 is 2.27 bits per heavy atom. The summed E-state index contributed by atoms with van der Waals surface area (Å²) in [5, 5.41) is 0. The van der Waals surface area contributed by atoms with E-state index >= 15 is 0 Å². The Kier molecular flexibility index (Phi) is 1.83. The van der Waals surface area contributed by atoms with Crippen molar-refractivity contribution in [2.75, 3.05) is 18.6 Å². The summed E-state index contributed by atoms with van der Waals surface area (Å²) in [5.41, 5.74) is 0.338. The largest absolute Gasteiger partial charge is 0.488 e. The lowest BCUT2D eigenvalue weighted by Gasteiger charge is -2.27. The molecule has 0 aromatic carbocycles. The Bertz CT molecular complexity index is 450. The summed E-state index contributed by atoms with van der Waals surface area (Å²) in [6.07, 6.45) is 5.52. The molecule has 2 heterocycles. The van der Waals surface area contributed by atoms with Gasteiger partial charge in [-0.3, -0.25) is 0 Å². The minimum Gasteiger partial charge on any atom is -0.488 e. The molecule has 15 heavy (non-hydrogen) atoms. The number of anilines is 1. The van der Waals surface area contributed by atoms with Crippen LogP contribution in [0.4, 0.5) is 5.82 Å². The maximum Gasteiger partial charge on any atom is 0.177 e. The number of nitrogens with one attached hydrogen (secondary N) is 1. The molecule has 3 rings (SSSR count). The van der Waals surface area contributed by atoms with Crippen LogP contribution in [-0.4, -0.2) is 24.2 Å². The fourth-order valence-electron chi connectivity index (χ4n) is 2.32. The zero-order chi connectivity index (χ0) is 10.5. The molecule has 0 amide bonds. The van der Waals surface area contributed by atoms with Crippen LogP contribution >= 0.6 is 12.2 Å². The fraction of sp³-hybridized carbons (Fsp3) is 0.545. The van der Waals surface area contributed by atoms with Gasteiger partial charge in [0, 0.05) is 25.2 Å². The van der Waals surface area contributed by atoms with E-state index in [9.17, 15) is 0 Å². The Hall–Kier alpha value is -1.03.